The predicted octanol–water partition coefficient (Wildman–Crippen LogP) is 0.827. The minimum absolute atomic E-state index is 0. The van der Waals surface area contributed by atoms with Crippen LogP contribution < -0.4 is 21.3 Å². The molecule has 194 valence electrons. The van der Waals surface area contributed by atoms with Gasteiger partial charge >= 0.3 is 23.6 Å². The lowest BCUT2D eigenvalue weighted by Crippen LogP contribution is -2.43. The fraction of sp³-hybridized carbons (Fsp3) is 0.524. The maximum absolute atomic E-state index is 10.5. The monoisotopic (exact) mass is 484 g/mol. The summed E-state index contributed by atoms with van der Waals surface area (Å²) in [5, 5.41) is 9.64. The van der Waals surface area contributed by atoms with Crippen molar-refractivity contribution in [3.05, 3.63) is 18.2 Å². The molecule has 0 aliphatic carbocycles. The van der Waals surface area contributed by atoms with Gasteiger partial charge in [0.05, 0.1) is 0 Å². The Kier molecular flexibility index (Phi) is 18.4. The highest BCUT2D eigenvalue weighted by Gasteiger charge is 2.34. The van der Waals surface area contributed by atoms with E-state index < -0.39 is 29.3 Å². The molecule has 1 saturated heterocycles. The molecule has 34 heavy (non-hydrogen) atoms. The molecule has 13 nitrogen and oxygen atoms in total. The molecule has 4 heterocycles. The molecule has 0 atom stereocenters. The number of aromatic nitrogens is 2. The molecule has 1 aromatic heterocycles. The third-order valence-corrected chi connectivity index (χ3v) is 3.23. The van der Waals surface area contributed by atoms with E-state index in [1.54, 1.807) is 40.1 Å². The molecule has 3 aliphatic rings. The fourth-order valence-corrected chi connectivity index (χ4v) is 1.98. The summed E-state index contributed by atoms with van der Waals surface area (Å²) in [4.78, 5) is 65.4. The van der Waals surface area contributed by atoms with Crippen molar-refractivity contribution >= 4 is 41.2 Å². The molecule has 4 rings (SSSR count). The van der Waals surface area contributed by atoms with Crippen LogP contribution in [-0.4, -0.2) is 63.4 Å². The van der Waals surface area contributed by atoms with Crippen LogP contribution in [0.1, 0.15) is 63.2 Å². The van der Waals surface area contributed by atoms with E-state index in [4.69, 9.17) is 0 Å². The van der Waals surface area contributed by atoms with Gasteiger partial charge in [-0.2, -0.15) is 4.99 Å². The summed E-state index contributed by atoms with van der Waals surface area (Å²) in [5.41, 5.74) is -0.561. The van der Waals surface area contributed by atoms with E-state index in [2.05, 4.69) is 41.2 Å². The lowest BCUT2D eigenvalue weighted by Gasteiger charge is -2.15. The van der Waals surface area contributed by atoms with Gasteiger partial charge in [0.25, 0.3) is 0 Å². The highest BCUT2D eigenvalue weighted by molar-refractivity contribution is 6.43. The number of nitrogens with one attached hydrogen (secondary N) is 5. The molecule has 1 aromatic rings. The number of hydrogen-bond donors (Lipinski definition) is 5. The van der Waals surface area contributed by atoms with E-state index in [9.17, 15) is 24.0 Å². The van der Waals surface area contributed by atoms with Gasteiger partial charge in [-0.05, 0) is 34.6 Å². The normalized spacial score (nSPS) is 16.0. The number of H-pyrrole nitrogens is 1. The highest BCUT2D eigenvalue weighted by atomic mass is 16.2. The number of amidine groups is 2. The van der Waals surface area contributed by atoms with Crippen molar-refractivity contribution in [2.75, 3.05) is 6.54 Å². The fourth-order valence-electron chi connectivity index (χ4n) is 1.98. The molecule has 0 spiro atoms. The molecule has 0 unspecified atom stereocenters. The molecule has 0 radical (unpaired) electrons. The number of aliphatic imine (C=N–C) groups is 2. The van der Waals surface area contributed by atoms with Crippen LogP contribution >= 0.6 is 0 Å². The number of rotatable bonds is 0. The molecule has 0 aromatic carbocycles. The maximum Gasteiger partial charge on any atom is 0.337 e. The van der Waals surface area contributed by atoms with Crippen molar-refractivity contribution in [1.29, 1.82) is 0 Å². The van der Waals surface area contributed by atoms with E-state index in [0.29, 0.717) is 12.4 Å². The van der Waals surface area contributed by atoms with Crippen molar-refractivity contribution in [3.63, 3.8) is 0 Å². The van der Waals surface area contributed by atoms with Gasteiger partial charge in [0, 0.05) is 12.4 Å². The molecular weight excluding hydrogens is 444 g/mol. The SMILES string of the molecule is C.C.C.C.CC1(C)NC(=O)C(=O)N1.CC1=NC(=O)C(=O)N1.CC1=NCC(=O)N1.Cc1ncc[nH]1. The zero-order valence-electron chi connectivity index (χ0n) is 17.2. The van der Waals surface area contributed by atoms with Crippen molar-refractivity contribution in [1.82, 2.24) is 31.2 Å². The minimum Gasteiger partial charge on any atom is -0.349 e. The Labute approximate surface area is 201 Å². The van der Waals surface area contributed by atoms with Gasteiger partial charge in [0.2, 0.25) is 5.91 Å². The topological polar surface area (TPSA) is 187 Å². The number of imidazole rings is 1. The zero-order valence-corrected chi connectivity index (χ0v) is 17.2. The van der Waals surface area contributed by atoms with Gasteiger partial charge in [-0.15, -0.1) is 0 Å². The number of carbonyl (C=O) groups excluding carboxylic acids is 5. The Morgan fingerprint density at radius 3 is 1.44 bits per heavy atom. The molecule has 5 N–H and O–H groups in total. The van der Waals surface area contributed by atoms with Crippen LogP contribution in [0.15, 0.2) is 22.4 Å². The number of carbonyl (C=O) groups is 5. The van der Waals surface area contributed by atoms with Crippen molar-refractivity contribution in [2.24, 2.45) is 9.98 Å². The largest absolute Gasteiger partial charge is 0.349 e. The molecule has 0 saturated carbocycles. The summed E-state index contributed by atoms with van der Waals surface area (Å²) >= 11 is 0. The number of amides is 5. The number of aryl methyl sites for hydroxylation is 1. The highest BCUT2D eigenvalue weighted by Crippen LogP contribution is 2.01. The summed E-state index contributed by atoms with van der Waals surface area (Å²) in [6.45, 7) is 8.99. The average molecular weight is 485 g/mol. The van der Waals surface area contributed by atoms with Crippen LogP contribution in [0.3, 0.4) is 0 Å². The summed E-state index contributed by atoms with van der Waals surface area (Å²) in [6.07, 6.45) is 3.53. The van der Waals surface area contributed by atoms with E-state index in [1.165, 1.54) is 0 Å². The summed E-state index contributed by atoms with van der Waals surface area (Å²) in [6, 6.07) is 0. The Bertz CT molecular complexity index is 871. The molecule has 13 heteroatoms. The Hall–Kier alpha value is -3.90. The van der Waals surface area contributed by atoms with E-state index in [-0.39, 0.29) is 35.6 Å². The third-order valence-electron chi connectivity index (χ3n) is 3.23. The Morgan fingerprint density at radius 2 is 1.32 bits per heavy atom. The zero-order chi connectivity index (χ0) is 22.9. The molecule has 3 aliphatic heterocycles. The van der Waals surface area contributed by atoms with Gasteiger partial charge in [-0.3, -0.25) is 29.0 Å². The van der Waals surface area contributed by atoms with Crippen molar-refractivity contribution in [3.8, 4) is 0 Å². The van der Waals surface area contributed by atoms with Crippen LogP contribution in [0, 0.1) is 6.92 Å². The second-order valence-corrected chi connectivity index (χ2v) is 6.61. The van der Waals surface area contributed by atoms with E-state index in [0.717, 1.165) is 11.7 Å². The van der Waals surface area contributed by atoms with Gasteiger partial charge in [-0.25, -0.2) is 4.98 Å². The van der Waals surface area contributed by atoms with Crippen molar-refractivity contribution in [2.45, 2.75) is 70.0 Å². The van der Waals surface area contributed by atoms with Crippen LogP contribution in [-0.2, 0) is 24.0 Å². The average Bonchev–Trinajstić information content (AvgIpc) is 3.36. The maximum atomic E-state index is 10.5. The number of aromatic amines is 1. The second-order valence-electron chi connectivity index (χ2n) is 6.61. The Balaban J connectivity index is -0.000000171. The van der Waals surface area contributed by atoms with Crippen LogP contribution in [0.25, 0.3) is 0 Å². The van der Waals surface area contributed by atoms with Crippen LogP contribution in [0.5, 0.6) is 0 Å². The van der Waals surface area contributed by atoms with E-state index in [1.807, 2.05) is 6.92 Å². The summed E-state index contributed by atoms with van der Waals surface area (Å²) < 4.78 is 0. The molecular formula is C21H40N8O5. The summed E-state index contributed by atoms with van der Waals surface area (Å²) in [7, 11) is 0. The lowest BCUT2D eigenvalue weighted by molar-refractivity contribution is -0.135. The summed E-state index contributed by atoms with van der Waals surface area (Å²) in [5.74, 6) is -0.387. The van der Waals surface area contributed by atoms with Gasteiger partial charge < -0.3 is 26.3 Å². The first-order valence-electron chi connectivity index (χ1n) is 8.72. The minimum atomic E-state index is -0.706. The van der Waals surface area contributed by atoms with Crippen LogP contribution in [0.2, 0.25) is 0 Å². The first-order chi connectivity index (χ1) is 13.9. The molecule has 0 bridgehead atoms. The molecule has 1 fully saturated rings. The number of nitrogens with zero attached hydrogens (tertiary/aromatic N) is 3. The first-order valence-corrected chi connectivity index (χ1v) is 8.72. The first kappa shape index (κ1) is 37.4. The second kappa shape index (κ2) is 16.7. The van der Waals surface area contributed by atoms with Gasteiger partial charge in [0.15, 0.2) is 0 Å². The smallest absolute Gasteiger partial charge is 0.337 e. The van der Waals surface area contributed by atoms with E-state index >= 15 is 0 Å². The predicted molar refractivity (Wildman–Crippen MR) is 133 cm³/mol. The van der Waals surface area contributed by atoms with Crippen molar-refractivity contribution < 1.29 is 24.0 Å². The van der Waals surface area contributed by atoms with Gasteiger partial charge in [0.1, 0.15) is 29.7 Å². The number of hydrogen-bond acceptors (Lipinski definition) is 7. The van der Waals surface area contributed by atoms with Crippen LogP contribution in [0.4, 0.5) is 0 Å². The standard InChI is InChI=1S/C5H8N2O2.C4H4N2O2.C4H6N2O.C4H6N2.4CH4/c1-5(2)6-3(8)4(9)7-5;1-2-5-3(7)4(8)6-2;1-3-5-2-4(7)6-3;1-4-5-2-3-6-4;;;;/h1-2H3,(H,6,8)(H,7,9);1H3,(H,5,6,7,8);2H2,1H3,(H,5,6,7);2-3H,1H3,(H,5,6);4*1H4. The Morgan fingerprint density at radius 1 is 0.794 bits per heavy atom. The lowest BCUT2D eigenvalue weighted by atomic mass is 10.3. The quantitative estimate of drug-likeness (QED) is 0.339. The molecule has 5 amide bonds. The van der Waals surface area contributed by atoms with Gasteiger partial charge in [-0.1, -0.05) is 29.7 Å². The third kappa shape index (κ3) is 14.2.